The van der Waals surface area contributed by atoms with Gasteiger partial charge in [0.05, 0.1) is 6.20 Å². The van der Waals surface area contributed by atoms with E-state index in [1.54, 1.807) is 35.3 Å². The summed E-state index contributed by atoms with van der Waals surface area (Å²) < 4.78 is 0. The molecule has 0 saturated carbocycles. The molecular weight excluding hydrogens is 278 g/mol. The second kappa shape index (κ2) is 6.68. The molecule has 0 atom stereocenters. The normalized spacial score (nSPS) is 10.4. The summed E-state index contributed by atoms with van der Waals surface area (Å²) in [5.74, 6) is 0.970. The summed E-state index contributed by atoms with van der Waals surface area (Å²) in [4.78, 5) is 22.9. The number of hydrogen-bond donors (Lipinski definition) is 0. The lowest BCUT2D eigenvalue weighted by Crippen LogP contribution is -2.28. The van der Waals surface area contributed by atoms with Gasteiger partial charge in [-0.1, -0.05) is 0 Å². The second-order valence-corrected chi connectivity index (χ2v) is 6.01. The van der Waals surface area contributed by atoms with Crippen molar-refractivity contribution in [1.29, 1.82) is 0 Å². The lowest BCUT2D eigenvalue weighted by atomic mass is 10.3. The molecule has 1 amide bonds. The molecule has 0 unspecified atom stereocenters. The minimum Gasteiger partial charge on any atom is -0.340 e. The van der Waals surface area contributed by atoms with Gasteiger partial charge in [0, 0.05) is 37.3 Å². The maximum atomic E-state index is 12.2. The van der Waals surface area contributed by atoms with Gasteiger partial charge in [-0.25, -0.2) is 4.98 Å². The summed E-state index contributed by atoms with van der Waals surface area (Å²) >= 11 is 3.14. The maximum Gasteiger partial charge on any atom is 0.265 e. The highest BCUT2D eigenvalue weighted by Crippen LogP contribution is 2.24. The lowest BCUT2D eigenvalue weighted by Gasteiger charge is -2.14. The Balaban J connectivity index is 2.11. The molecule has 0 aliphatic heterocycles. The molecule has 0 aliphatic carbocycles. The zero-order valence-electron chi connectivity index (χ0n) is 10.9. The van der Waals surface area contributed by atoms with Crippen molar-refractivity contribution in [3.8, 4) is 10.6 Å². The molecular formula is C13H15N3OS2. The first kappa shape index (κ1) is 14.0. The molecule has 0 N–H and O–H groups in total. The summed E-state index contributed by atoms with van der Waals surface area (Å²) in [7, 11) is 1.82. The van der Waals surface area contributed by atoms with Crippen LogP contribution in [0.25, 0.3) is 10.6 Å². The summed E-state index contributed by atoms with van der Waals surface area (Å²) in [5, 5.41) is 0.828. The molecule has 2 heterocycles. The first-order valence-corrected chi connectivity index (χ1v) is 8.04. The molecule has 2 aromatic rings. The van der Waals surface area contributed by atoms with Gasteiger partial charge in [-0.05, 0) is 18.4 Å². The van der Waals surface area contributed by atoms with Crippen LogP contribution in [0.2, 0.25) is 0 Å². The van der Waals surface area contributed by atoms with Crippen LogP contribution in [0.5, 0.6) is 0 Å². The smallest absolute Gasteiger partial charge is 0.265 e. The third-order valence-electron chi connectivity index (χ3n) is 2.60. The van der Waals surface area contributed by atoms with Gasteiger partial charge in [0.25, 0.3) is 5.91 Å². The van der Waals surface area contributed by atoms with Crippen LogP contribution in [0.15, 0.2) is 30.7 Å². The average molecular weight is 293 g/mol. The summed E-state index contributed by atoms with van der Waals surface area (Å²) in [6, 6.07) is 3.81. The fourth-order valence-electron chi connectivity index (χ4n) is 1.51. The summed E-state index contributed by atoms with van der Waals surface area (Å²) in [6.45, 7) is 0.750. The number of rotatable bonds is 5. The standard InChI is InChI=1S/C13H15N3OS2/c1-16(6-7-18-2)13(17)11-9-15-12(19-11)10-4-3-5-14-8-10/h3-5,8-9H,6-7H2,1-2H3. The van der Waals surface area contributed by atoms with E-state index in [4.69, 9.17) is 0 Å². The number of hydrogen-bond acceptors (Lipinski definition) is 5. The Morgan fingerprint density at radius 2 is 2.32 bits per heavy atom. The average Bonchev–Trinajstić information content (AvgIpc) is 2.94. The fourth-order valence-corrected chi connectivity index (χ4v) is 2.87. The zero-order valence-corrected chi connectivity index (χ0v) is 12.5. The Labute approximate surface area is 120 Å². The Kier molecular flexibility index (Phi) is 4.93. The van der Waals surface area contributed by atoms with Crippen molar-refractivity contribution < 1.29 is 4.79 Å². The van der Waals surface area contributed by atoms with Crippen molar-refractivity contribution in [3.63, 3.8) is 0 Å². The van der Waals surface area contributed by atoms with E-state index in [0.717, 1.165) is 22.9 Å². The number of carbonyl (C=O) groups is 1. The minimum absolute atomic E-state index is 0.0293. The SMILES string of the molecule is CSCCN(C)C(=O)c1cnc(-c2cccnc2)s1. The zero-order chi connectivity index (χ0) is 13.7. The van der Waals surface area contributed by atoms with Crippen LogP contribution in [-0.2, 0) is 0 Å². The van der Waals surface area contributed by atoms with E-state index in [-0.39, 0.29) is 5.91 Å². The number of amides is 1. The molecule has 0 aromatic carbocycles. The molecule has 6 heteroatoms. The van der Waals surface area contributed by atoms with Gasteiger partial charge in [-0.2, -0.15) is 11.8 Å². The van der Waals surface area contributed by atoms with Gasteiger partial charge >= 0.3 is 0 Å². The second-order valence-electron chi connectivity index (χ2n) is 3.99. The Morgan fingerprint density at radius 1 is 1.47 bits per heavy atom. The van der Waals surface area contributed by atoms with Crippen molar-refractivity contribution in [2.24, 2.45) is 0 Å². The summed E-state index contributed by atoms with van der Waals surface area (Å²) in [5.41, 5.74) is 0.943. The highest BCUT2D eigenvalue weighted by atomic mass is 32.2. The highest BCUT2D eigenvalue weighted by Gasteiger charge is 2.15. The number of thioether (sulfide) groups is 1. The monoisotopic (exact) mass is 293 g/mol. The number of nitrogens with zero attached hydrogens (tertiary/aromatic N) is 3. The molecule has 19 heavy (non-hydrogen) atoms. The molecule has 0 saturated heterocycles. The predicted molar refractivity (Wildman–Crippen MR) is 80.7 cm³/mol. The van der Waals surface area contributed by atoms with E-state index in [0.29, 0.717) is 4.88 Å². The van der Waals surface area contributed by atoms with Crippen molar-refractivity contribution in [3.05, 3.63) is 35.6 Å². The lowest BCUT2D eigenvalue weighted by molar-refractivity contribution is 0.0808. The fraction of sp³-hybridized carbons (Fsp3) is 0.308. The largest absolute Gasteiger partial charge is 0.340 e. The van der Waals surface area contributed by atoms with Crippen LogP contribution in [0.1, 0.15) is 9.67 Å². The molecule has 2 rings (SSSR count). The Bertz CT molecular complexity index is 542. The first-order valence-electron chi connectivity index (χ1n) is 5.83. The number of pyridine rings is 1. The van der Waals surface area contributed by atoms with Gasteiger partial charge in [0.2, 0.25) is 0 Å². The molecule has 0 fully saturated rings. The molecule has 0 bridgehead atoms. The van der Waals surface area contributed by atoms with Gasteiger partial charge < -0.3 is 4.90 Å². The topological polar surface area (TPSA) is 46.1 Å². The van der Waals surface area contributed by atoms with Crippen LogP contribution in [0, 0.1) is 0 Å². The highest BCUT2D eigenvalue weighted by molar-refractivity contribution is 7.98. The van der Waals surface area contributed by atoms with Crippen LogP contribution < -0.4 is 0 Å². The van der Waals surface area contributed by atoms with E-state index >= 15 is 0 Å². The van der Waals surface area contributed by atoms with Crippen molar-refractivity contribution in [2.75, 3.05) is 25.6 Å². The van der Waals surface area contributed by atoms with Gasteiger partial charge in [-0.15, -0.1) is 11.3 Å². The predicted octanol–water partition coefficient (Wildman–Crippen LogP) is 2.64. The van der Waals surface area contributed by atoms with Gasteiger partial charge in [0.1, 0.15) is 9.88 Å². The Morgan fingerprint density at radius 3 is 3.00 bits per heavy atom. The molecule has 4 nitrogen and oxygen atoms in total. The van der Waals surface area contributed by atoms with Crippen molar-refractivity contribution >= 4 is 29.0 Å². The van der Waals surface area contributed by atoms with E-state index < -0.39 is 0 Å². The van der Waals surface area contributed by atoms with Gasteiger partial charge in [0.15, 0.2) is 0 Å². The Hall–Kier alpha value is -1.40. The van der Waals surface area contributed by atoms with Crippen molar-refractivity contribution in [1.82, 2.24) is 14.9 Å². The van der Waals surface area contributed by atoms with E-state index in [1.807, 2.05) is 25.4 Å². The van der Waals surface area contributed by atoms with Crippen molar-refractivity contribution in [2.45, 2.75) is 0 Å². The molecule has 0 aliphatic rings. The van der Waals surface area contributed by atoms with E-state index in [2.05, 4.69) is 9.97 Å². The molecule has 2 aromatic heterocycles. The number of carbonyl (C=O) groups excluding carboxylic acids is 1. The first-order chi connectivity index (χ1) is 9.22. The number of aromatic nitrogens is 2. The molecule has 0 radical (unpaired) electrons. The van der Waals surface area contributed by atoms with Gasteiger partial charge in [-0.3, -0.25) is 9.78 Å². The van der Waals surface area contributed by atoms with Crippen LogP contribution in [0.3, 0.4) is 0 Å². The van der Waals surface area contributed by atoms with Crippen LogP contribution in [-0.4, -0.2) is 46.4 Å². The summed E-state index contributed by atoms with van der Waals surface area (Å²) in [6.07, 6.45) is 7.15. The third kappa shape index (κ3) is 3.54. The van der Waals surface area contributed by atoms with E-state index in [1.165, 1.54) is 11.3 Å². The van der Waals surface area contributed by atoms with Crippen LogP contribution in [0.4, 0.5) is 0 Å². The third-order valence-corrected chi connectivity index (χ3v) is 4.23. The van der Waals surface area contributed by atoms with Crippen LogP contribution >= 0.6 is 23.1 Å². The van der Waals surface area contributed by atoms with E-state index in [9.17, 15) is 4.79 Å². The quantitative estimate of drug-likeness (QED) is 0.850. The molecule has 100 valence electrons. The maximum absolute atomic E-state index is 12.2. The molecule has 0 spiro atoms. The minimum atomic E-state index is 0.0293. The number of thiazole rings is 1.